The van der Waals surface area contributed by atoms with Gasteiger partial charge in [0, 0.05) is 39.4 Å². The Morgan fingerprint density at radius 1 is 1.39 bits per heavy atom. The Labute approximate surface area is 105 Å². The second-order valence-corrected chi connectivity index (χ2v) is 4.44. The molecule has 2 aromatic rings. The molecule has 0 unspecified atom stereocenters. The number of hydrogen-bond acceptors (Lipinski definition) is 6. The second kappa shape index (κ2) is 4.87. The molecule has 0 aliphatic carbocycles. The Morgan fingerprint density at radius 2 is 2.22 bits per heavy atom. The van der Waals surface area contributed by atoms with Crippen LogP contribution in [0.3, 0.4) is 0 Å². The zero-order valence-electron chi connectivity index (χ0n) is 10.3. The Hall–Kier alpha value is -1.73. The summed E-state index contributed by atoms with van der Waals surface area (Å²) < 4.78 is 6.99. The summed E-state index contributed by atoms with van der Waals surface area (Å²) in [5, 5.41) is 11.4. The van der Waals surface area contributed by atoms with Gasteiger partial charge in [-0.05, 0) is 0 Å². The highest BCUT2D eigenvalue weighted by Gasteiger charge is 2.15. The molecule has 1 aliphatic rings. The first kappa shape index (κ1) is 11.4. The van der Waals surface area contributed by atoms with Gasteiger partial charge in [-0.15, -0.1) is 0 Å². The summed E-state index contributed by atoms with van der Waals surface area (Å²) in [5.74, 6) is 1.27. The lowest BCUT2D eigenvalue weighted by Gasteiger charge is -2.25. The number of aromatic nitrogens is 4. The van der Waals surface area contributed by atoms with Crippen LogP contribution in [0.15, 0.2) is 16.9 Å². The number of nitrogens with zero attached hydrogens (tertiary/aromatic N) is 5. The first-order chi connectivity index (χ1) is 8.81. The van der Waals surface area contributed by atoms with Gasteiger partial charge in [0.1, 0.15) is 0 Å². The van der Waals surface area contributed by atoms with Crippen LogP contribution in [0.2, 0.25) is 0 Å². The molecule has 18 heavy (non-hydrogen) atoms. The first-order valence-corrected chi connectivity index (χ1v) is 6.06. The van der Waals surface area contributed by atoms with Crippen LogP contribution < -0.4 is 5.32 Å². The highest BCUT2D eigenvalue weighted by atomic mass is 16.5. The zero-order valence-corrected chi connectivity index (χ0v) is 10.3. The van der Waals surface area contributed by atoms with Gasteiger partial charge in [0.05, 0.1) is 18.3 Å². The van der Waals surface area contributed by atoms with E-state index in [0.717, 1.165) is 38.3 Å². The van der Waals surface area contributed by atoms with Gasteiger partial charge in [-0.2, -0.15) is 10.1 Å². The predicted octanol–water partition coefficient (Wildman–Crippen LogP) is -0.125. The van der Waals surface area contributed by atoms with Gasteiger partial charge in [0.25, 0.3) is 0 Å². The lowest BCUT2D eigenvalue weighted by Crippen LogP contribution is -2.42. The van der Waals surface area contributed by atoms with E-state index in [1.54, 1.807) is 10.9 Å². The quantitative estimate of drug-likeness (QED) is 0.816. The summed E-state index contributed by atoms with van der Waals surface area (Å²) in [7, 11) is 1.87. The van der Waals surface area contributed by atoms with E-state index in [1.165, 1.54) is 0 Å². The minimum absolute atomic E-state index is 0.605. The van der Waals surface area contributed by atoms with E-state index in [2.05, 4.69) is 25.5 Å². The van der Waals surface area contributed by atoms with Gasteiger partial charge < -0.3 is 9.84 Å². The van der Waals surface area contributed by atoms with Crippen molar-refractivity contribution in [3.8, 4) is 11.4 Å². The van der Waals surface area contributed by atoms with Crippen LogP contribution in [0.25, 0.3) is 11.4 Å². The van der Waals surface area contributed by atoms with Crippen molar-refractivity contribution in [1.82, 2.24) is 30.1 Å². The van der Waals surface area contributed by atoms with Crippen molar-refractivity contribution >= 4 is 0 Å². The molecule has 0 amide bonds. The highest BCUT2D eigenvalue weighted by molar-refractivity contribution is 5.50. The van der Waals surface area contributed by atoms with Gasteiger partial charge in [-0.1, -0.05) is 5.16 Å². The molecule has 0 atom stereocenters. The van der Waals surface area contributed by atoms with E-state index in [4.69, 9.17) is 4.52 Å². The van der Waals surface area contributed by atoms with Crippen LogP contribution >= 0.6 is 0 Å². The Kier molecular flexibility index (Phi) is 3.07. The minimum atomic E-state index is 0.605. The number of piperazine rings is 1. The summed E-state index contributed by atoms with van der Waals surface area (Å²) in [6.45, 7) is 4.79. The normalized spacial score (nSPS) is 17.2. The van der Waals surface area contributed by atoms with Crippen molar-refractivity contribution in [3.63, 3.8) is 0 Å². The summed E-state index contributed by atoms with van der Waals surface area (Å²) in [4.78, 5) is 6.70. The van der Waals surface area contributed by atoms with E-state index in [9.17, 15) is 0 Å². The Balaban J connectivity index is 1.69. The van der Waals surface area contributed by atoms with Gasteiger partial charge in [-0.3, -0.25) is 9.58 Å². The molecule has 0 radical (unpaired) electrons. The molecule has 2 aromatic heterocycles. The lowest BCUT2D eigenvalue weighted by molar-refractivity contribution is 0.203. The van der Waals surface area contributed by atoms with Crippen LogP contribution in [0.4, 0.5) is 0 Å². The molecule has 0 spiro atoms. The van der Waals surface area contributed by atoms with Crippen molar-refractivity contribution in [2.45, 2.75) is 6.54 Å². The van der Waals surface area contributed by atoms with Crippen LogP contribution in [-0.4, -0.2) is 51.0 Å². The molecular formula is C11H16N6O. The first-order valence-electron chi connectivity index (χ1n) is 6.06. The van der Waals surface area contributed by atoms with Crippen molar-refractivity contribution in [2.24, 2.45) is 7.05 Å². The molecule has 0 bridgehead atoms. The number of rotatable bonds is 3. The molecule has 7 heteroatoms. The molecule has 96 valence electrons. The number of nitrogens with one attached hydrogen (secondary N) is 1. The summed E-state index contributed by atoms with van der Waals surface area (Å²) in [6, 6.07) is 0. The fraction of sp³-hybridized carbons (Fsp3) is 0.545. The molecule has 7 nitrogen and oxygen atoms in total. The van der Waals surface area contributed by atoms with E-state index in [1.807, 2.05) is 13.2 Å². The molecule has 1 N–H and O–H groups in total. The summed E-state index contributed by atoms with van der Waals surface area (Å²) in [5.41, 5.74) is 0.882. The Morgan fingerprint density at radius 3 is 2.94 bits per heavy atom. The van der Waals surface area contributed by atoms with E-state index >= 15 is 0 Å². The monoisotopic (exact) mass is 248 g/mol. The molecule has 3 rings (SSSR count). The maximum absolute atomic E-state index is 5.27. The third-order valence-corrected chi connectivity index (χ3v) is 3.00. The SMILES string of the molecule is Cn1cc(-c2noc(CN3CCNCC3)n2)cn1. The predicted molar refractivity (Wildman–Crippen MR) is 64.6 cm³/mol. The molecule has 1 aliphatic heterocycles. The van der Waals surface area contributed by atoms with E-state index < -0.39 is 0 Å². The molecule has 1 saturated heterocycles. The molecule has 0 aromatic carbocycles. The molecule has 3 heterocycles. The second-order valence-electron chi connectivity index (χ2n) is 4.44. The maximum Gasteiger partial charge on any atom is 0.241 e. The van der Waals surface area contributed by atoms with Gasteiger partial charge in [-0.25, -0.2) is 0 Å². The standard InChI is InChI=1S/C11H16N6O/c1-16-7-9(6-13-16)11-14-10(18-15-11)8-17-4-2-12-3-5-17/h6-7,12H,2-5,8H2,1H3. The molecule has 1 fully saturated rings. The number of aryl methyl sites for hydroxylation is 1. The Bertz CT molecular complexity index is 513. The van der Waals surface area contributed by atoms with Crippen LogP contribution in [0.5, 0.6) is 0 Å². The van der Waals surface area contributed by atoms with E-state index in [0.29, 0.717) is 11.7 Å². The van der Waals surface area contributed by atoms with Gasteiger partial charge in [0.2, 0.25) is 11.7 Å². The fourth-order valence-corrected chi connectivity index (χ4v) is 2.03. The third-order valence-electron chi connectivity index (χ3n) is 3.00. The minimum Gasteiger partial charge on any atom is -0.338 e. The maximum atomic E-state index is 5.27. The van der Waals surface area contributed by atoms with Crippen molar-refractivity contribution in [3.05, 3.63) is 18.3 Å². The van der Waals surface area contributed by atoms with Crippen molar-refractivity contribution < 1.29 is 4.52 Å². The number of hydrogen-bond donors (Lipinski definition) is 1. The third kappa shape index (κ3) is 2.41. The molecule has 0 saturated carbocycles. The van der Waals surface area contributed by atoms with E-state index in [-0.39, 0.29) is 0 Å². The zero-order chi connectivity index (χ0) is 12.4. The van der Waals surface area contributed by atoms with Crippen LogP contribution in [0.1, 0.15) is 5.89 Å². The summed E-state index contributed by atoms with van der Waals surface area (Å²) in [6.07, 6.45) is 3.61. The average Bonchev–Trinajstić information content (AvgIpc) is 2.99. The fourth-order valence-electron chi connectivity index (χ4n) is 2.03. The highest BCUT2D eigenvalue weighted by Crippen LogP contribution is 2.14. The molecular weight excluding hydrogens is 232 g/mol. The van der Waals surface area contributed by atoms with Crippen LogP contribution in [-0.2, 0) is 13.6 Å². The van der Waals surface area contributed by atoms with Crippen LogP contribution in [0, 0.1) is 0 Å². The topological polar surface area (TPSA) is 72.0 Å². The lowest BCUT2D eigenvalue weighted by atomic mass is 10.3. The summed E-state index contributed by atoms with van der Waals surface area (Å²) >= 11 is 0. The average molecular weight is 248 g/mol. The smallest absolute Gasteiger partial charge is 0.241 e. The van der Waals surface area contributed by atoms with Crippen molar-refractivity contribution in [1.29, 1.82) is 0 Å². The van der Waals surface area contributed by atoms with Gasteiger partial charge in [0.15, 0.2) is 0 Å². The van der Waals surface area contributed by atoms with Gasteiger partial charge >= 0.3 is 0 Å². The van der Waals surface area contributed by atoms with Crippen molar-refractivity contribution in [2.75, 3.05) is 26.2 Å². The largest absolute Gasteiger partial charge is 0.338 e.